The van der Waals surface area contributed by atoms with Gasteiger partial charge in [-0.05, 0) is 37.1 Å². The fourth-order valence-corrected chi connectivity index (χ4v) is 4.20. The first-order valence-electron chi connectivity index (χ1n) is 10.6. The average Bonchev–Trinajstić information content (AvgIpc) is 3.31. The van der Waals surface area contributed by atoms with E-state index >= 15 is 0 Å². The summed E-state index contributed by atoms with van der Waals surface area (Å²) < 4.78 is 0. The lowest BCUT2D eigenvalue weighted by Gasteiger charge is -2.24. The molecule has 1 aliphatic rings. The van der Waals surface area contributed by atoms with Crippen LogP contribution in [0.4, 0.5) is 22.7 Å². The van der Waals surface area contributed by atoms with E-state index in [0.717, 1.165) is 30.2 Å². The molecular formula is C25H31N5. The van der Waals surface area contributed by atoms with Crippen molar-refractivity contribution < 1.29 is 0 Å². The Morgan fingerprint density at radius 2 is 1.37 bits per heavy atom. The van der Waals surface area contributed by atoms with Crippen molar-refractivity contribution in [1.29, 1.82) is 0 Å². The van der Waals surface area contributed by atoms with E-state index in [1.165, 1.54) is 29.3 Å². The van der Waals surface area contributed by atoms with E-state index in [9.17, 15) is 0 Å². The highest BCUT2D eigenvalue weighted by Crippen LogP contribution is 2.35. The van der Waals surface area contributed by atoms with E-state index in [2.05, 4.69) is 89.5 Å². The fraction of sp³-hybridized carbons (Fsp3) is 0.320. The van der Waals surface area contributed by atoms with E-state index in [1.807, 2.05) is 25.4 Å². The van der Waals surface area contributed by atoms with Crippen LogP contribution in [-0.2, 0) is 0 Å². The Hall–Kier alpha value is -3.21. The molecule has 156 valence electrons. The first-order valence-corrected chi connectivity index (χ1v) is 10.6. The van der Waals surface area contributed by atoms with Gasteiger partial charge in [0.2, 0.25) is 0 Å². The Kier molecular flexibility index (Phi) is 5.79. The van der Waals surface area contributed by atoms with Crippen LogP contribution in [0.5, 0.6) is 0 Å². The highest BCUT2D eigenvalue weighted by atomic mass is 15.5. The summed E-state index contributed by atoms with van der Waals surface area (Å²) in [5.41, 5.74) is 4.73. The van der Waals surface area contributed by atoms with E-state index < -0.39 is 0 Å². The van der Waals surface area contributed by atoms with Crippen LogP contribution in [0.15, 0.2) is 65.8 Å². The minimum Gasteiger partial charge on any atom is -0.376 e. The van der Waals surface area contributed by atoms with Gasteiger partial charge < -0.3 is 14.7 Å². The van der Waals surface area contributed by atoms with Crippen molar-refractivity contribution in [2.45, 2.75) is 12.8 Å². The number of benzene rings is 3. The largest absolute Gasteiger partial charge is 0.376 e. The van der Waals surface area contributed by atoms with Gasteiger partial charge in [-0.1, -0.05) is 36.4 Å². The van der Waals surface area contributed by atoms with Gasteiger partial charge in [0.25, 0.3) is 0 Å². The zero-order valence-corrected chi connectivity index (χ0v) is 18.4. The normalized spacial score (nSPS) is 13.9. The van der Waals surface area contributed by atoms with Crippen molar-refractivity contribution in [3.63, 3.8) is 0 Å². The molecule has 3 aromatic rings. The molecule has 0 saturated carbocycles. The highest BCUT2D eigenvalue weighted by Gasteiger charge is 2.17. The third-order valence-corrected chi connectivity index (χ3v) is 5.82. The van der Waals surface area contributed by atoms with Crippen LogP contribution in [0, 0.1) is 0 Å². The molecule has 1 fully saturated rings. The second-order valence-corrected chi connectivity index (χ2v) is 8.09. The summed E-state index contributed by atoms with van der Waals surface area (Å²) >= 11 is 0. The van der Waals surface area contributed by atoms with Gasteiger partial charge in [-0.3, -0.25) is 5.01 Å². The van der Waals surface area contributed by atoms with Crippen LogP contribution in [0.1, 0.15) is 12.8 Å². The lowest BCUT2D eigenvalue weighted by atomic mass is 10.1. The predicted octanol–water partition coefficient (Wildman–Crippen LogP) is 5.02. The zero-order valence-electron chi connectivity index (χ0n) is 18.4. The van der Waals surface area contributed by atoms with E-state index in [-0.39, 0.29) is 0 Å². The van der Waals surface area contributed by atoms with Gasteiger partial charge in [0, 0.05) is 57.7 Å². The van der Waals surface area contributed by atoms with Crippen LogP contribution in [0.2, 0.25) is 0 Å². The molecular weight excluding hydrogens is 370 g/mol. The molecule has 0 radical (unpaired) electrons. The summed E-state index contributed by atoms with van der Waals surface area (Å²) in [4.78, 5) is 6.68. The molecule has 4 rings (SSSR count). The molecule has 0 unspecified atom stereocenters. The SMILES string of the molecule is CN(C)c1ccccc1N(C)/C=N/N(C)c1ccc(N2CCCC2)c2ccccc12. The van der Waals surface area contributed by atoms with Gasteiger partial charge in [0.15, 0.2) is 0 Å². The summed E-state index contributed by atoms with van der Waals surface area (Å²) in [7, 11) is 8.17. The minimum atomic E-state index is 1.11. The number of anilines is 4. The molecule has 0 aliphatic carbocycles. The number of nitrogens with zero attached hydrogens (tertiary/aromatic N) is 5. The van der Waals surface area contributed by atoms with Crippen molar-refractivity contribution in [3.8, 4) is 0 Å². The molecule has 1 saturated heterocycles. The first kappa shape index (κ1) is 20.1. The standard InChI is InChI=1S/C25H31N5/c1-27(2)24-13-7-8-14-25(24)28(3)19-26-29(4)22-15-16-23(30-17-9-10-18-30)21-12-6-5-11-20(21)22/h5-8,11-16,19H,9-10,17-18H2,1-4H3/b26-19+. The van der Waals surface area contributed by atoms with Crippen molar-refractivity contribution in [2.75, 3.05) is 61.0 Å². The molecule has 0 N–H and O–H groups in total. The molecule has 5 nitrogen and oxygen atoms in total. The van der Waals surface area contributed by atoms with E-state index in [1.54, 1.807) is 0 Å². The van der Waals surface area contributed by atoms with Crippen molar-refractivity contribution in [1.82, 2.24) is 0 Å². The van der Waals surface area contributed by atoms with Crippen molar-refractivity contribution >= 4 is 39.9 Å². The fourth-order valence-electron chi connectivity index (χ4n) is 4.20. The Morgan fingerprint density at radius 1 is 0.733 bits per heavy atom. The maximum Gasteiger partial charge on any atom is 0.116 e. The number of rotatable bonds is 6. The number of hydrazone groups is 1. The lowest BCUT2D eigenvalue weighted by Crippen LogP contribution is -2.22. The topological polar surface area (TPSA) is 25.3 Å². The molecule has 0 bridgehead atoms. The molecule has 0 amide bonds. The summed E-state index contributed by atoms with van der Waals surface area (Å²) in [6.45, 7) is 2.29. The minimum absolute atomic E-state index is 1.11. The maximum absolute atomic E-state index is 4.75. The quantitative estimate of drug-likeness (QED) is 0.329. The molecule has 30 heavy (non-hydrogen) atoms. The number of para-hydroxylation sites is 2. The van der Waals surface area contributed by atoms with Gasteiger partial charge in [-0.15, -0.1) is 0 Å². The monoisotopic (exact) mass is 401 g/mol. The summed E-state index contributed by atoms with van der Waals surface area (Å²) in [6, 6.07) is 21.4. The van der Waals surface area contributed by atoms with Crippen molar-refractivity contribution in [2.24, 2.45) is 5.10 Å². The third-order valence-electron chi connectivity index (χ3n) is 5.82. The molecule has 5 heteroatoms. The average molecular weight is 402 g/mol. The predicted molar refractivity (Wildman–Crippen MR) is 131 cm³/mol. The van der Waals surface area contributed by atoms with Gasteiger partial charge in [0.1, 0.15) is 6.34 Å². The van der Waals surface area contributed by atoms with Crippen LogP contribution >= 0.6 is 0 Å². The summed E-state index contributed by atoms with van der Waals surface area (Å²) in [6.07, 6.45) is 4.44. The van der Waals surface area contributed by atoms with E-state index in [0.29, 0.717) is 0 Å². The zero-order chi connectivity index (χ0) is 21.1. The van der Waals surface area contributed by atoms with Crippen LogP contribution in [0.25, 0.3) is 10.8 Å². The summed E-state index contributed by atoms with van der Waals surface area (Å²) in [5, 5.41) is 9.24. The number of fused-ring (bicyclic) bond motifs is 1. The van der Waals surface area contributed by atoms with Crippen LogP contribution in [0.3, 0.4) is 0 Å². The highest BCUT2D eigenvalue weighted by molar-refractivity contribution is 6.02. The van der Waals surface area contributed by atoms with E-state index in [4.69, 9.17) is 5.10 Å². The van der Waals surface area contributed by atoms with Gasteiger partial charge in [0.05, 0.1) is 17.1 Å². The summed E-state index contributed by atoms with van der Waals surface area (Å²) in [5.74, 6) is 0. The Bertz CT molecular complexity index is 1040. The van der Waals surface area contributed by atoms with Gasteiger partial charge in [-0.25, -0.2) is 0 Å². The molecule has 0 atom stereocenters. The number of hydrogen-bond acceptors (Lipinski definition) is 4. The molecule has 3 aromatic carbocycles. The maximum atomic E-state index is 4.75. The molecule has 1 aliphatic heterocycles. The second kappa shape index (κ2) is 8.66. The Balaban J connectivity index is 1.62. The second-order valence-electron chi connectivity index (χ2n) is 8.09. The Labute approximate surface area is 179 Å². The lowest BCUT2D eigenvalue weighted by molar-refractivity contribution is 0.949. The van der Waals surface area contributed by atoms with Crippen LogP contribution < -0.4 is 19.7 Å². The molecule has 1 heterocycles. The molecule has 0 spiro atoms. The first-order chi connectivity index (χ1) is 14.6. The Morgan fingerprint density at radius 3 is 2.07 bits per heavy atom. The van der Waals surface area contributed by atoms with Crippen molar-refractivity contribution in [3.05, 3.63) is 60.7 Å². The molecule has 0 aromatic heterocycles. The van der Waals surface area contributed by atoms with Crippen LogP contribution in [-0.4, -0.2) is 47.6 Å². The van der Waals surface area contributed by atoms with Gasteiger partial charge in [-0.2, -0.15) is 5.10 Å². The third kappa shape index (κ3) is 3.92. The van der Waals surface area contributed by atoms with Gasteiger partial charge >= 0.3 is 0 Å². The smallest absolute Gasteiger partial charge is 0.116 e. The number of hydrogen-bond donors (Lipinski definition) is 0.